The number of carboxylic acids is 1. The molecule has 2 atom stereocenters. The molecule has 2 heterocycles. The summed E-state index contributed by atoms with van der Waals surface area (Å²) in [7, 11) is 0. The van der Waals surface area contributed by atoms with Gasteiger partial charge in [-0.3, -0.25) is 4.79 Å². The molecule has 0 spiro atoms. The lowest BCUT2D eigenvalue weighted by Crippen LogP contribution is -2.57. The Morgan fingerprint density at radius 1 is 1.53 bits per heavy atom. The highest BCUT2D eigenvalue weighted by Crippen LogP contribution is 2.18. The molecular formula is C11H14N3O3+. The highest BCUT2D eigenvalue weighted by atomic mass is 16.4. The number of carbonyl (C=O) groups is 2. The van der Waals surface area contributed by atoms with E-state index in [1.807, 2.05) is 18.2 Å². The summed E-state index contributed by atoms with van der Waals surface area (Å²) in [6.45, 7) is 0.267. The van der Waals surface area contributed by atoms with Crippen molar-refractivity contribution in [2.75, 3.05) is 0 Å². The van der Waals surface area contributed by atoms with E-state index in [1.165, 1.54) is 0 Å². The van der Waals surface area contributed by atoms with Gasteiger partial charge in [0, 0.05) is 18.6 Å². The third kappa shape index (κ3) is 2.26. The monoisotopic (exact) mass is 236 g/mol. The maximum absolute atomic E-state index is 11.7. The van der Waals surface area contributed by atoms with Gasteiger partial charge < -0.3 is 16.2 Å². The molecule has 2 rings (SSSR count). The minimum atomic E-state index is -1.16. The van der Waals surface area contributed by atoms with Crippen molar-refractivity contribution < 1.29 is 19.3 Å². The summed E-state index contributed by atoms with van der Waals surface area (Å²) in [6.07, 6.45) is 3.68. The molecule has 4 N–H and O–H groups in total. The number of nitrogens with one attached hydrogen (secondary N) is 1. The van der Waals surface area contributed by atoms with Crippen molar-refractivity contribution in [1.29, 1.82) is 0 Å². The molecule has 0 aliphatic carbocycles. The fourth-order valence-electron chi connectivity index (χ4n) is 1.96. The third-order valence-corrected chi connectivity index (χ3v) is 2.87. The minimum absolute atomic E-state index is 0.100. The van der Waals surface area contributed by atoms with Crippen molar-refractivity contribution >= 4 is 11.9 Å². The number of carbonyl (C=O) groups excluding carboxylic acids is 1. The number of aliphatic carboxylic acids is 1. The van der Waals surface area contributed by atoms with Gasteiger partial charge >= 0.3 is 5.97 Å². The first-order valence-corrected chi connectivity index (χ1v) is 5.28. The van der Waals surface area contributed by atoms with E-state index in [-0.39, 0.29) is 13.0 Å². The first-order chi connectivity index (χ1) is 8.01. The third-order valence-electron chi connectivity index (χ3n) is 2.87. The second kappa shape index (κ2) is 4.14. The van der Waals surface area contributed by atoms with Crippen LogP contribution >= 0.6 is 0 Å². The maximum atomic E-state index is 11.7. The van der Waals surface area contributed by atoms with Crippen LogP contribution in [0.1, 0.15) is 6.42 Å². The van der Waals surface area contributed by atoms with Crippen molar-refractivity contribution in [2.45, 2.75) is 24.5 Å². The van der Waals surface area contributed by atoms with Gasteiger partial charge in [0.15, 0.2) is 24.5 Å². The predicted octanol–water partition coefficient (Wildman–Crippen LogP) is -1.36. The molecule has 0 bridgehead atoms. The molecule has 17 heavy (non-hydrogen) atoms. The zero-order valence-corrected chi connectivity index (χ0v) is 9.17. The van der Waals surface area contributed by atoms with E-state index in [0.29, 0.717) is 0 Å². The summed E-state index contributed by atoms with van der Waals surface area (Å²) in [6, 6.07) is 4.61. The average molecular weight is 236 g/mol. The molecule has 0 saturated carbocycles. The summed E-state index contributed by atoms with van der Waals surface area (Å²) < 4.78 is 1.77. The Balaban J connectivity index is 2.15. The number of aromatic nitrogens is 1. The molecule has 1 aromatic rings. The number of pyridine rings is 1. The van der Waals surface area contributed by atoms with E-state index in [0.717, 1.165) is 0 Å². The number of carboxylic acid groups (broad SMARTS) is 1. The largest absolute Gasteiger partial charge is 0.480 e. The van der Waals surface area contributed by atoms with Crippen molar-refractivity contribution in [1.82, 2.24) is 5.32 Å². The molecular weight excluding hydrogens is 222 g/mol. The lowest BCUT2D eigenvalue weighted by Gasteiger charge is -2.16. The second-order valence-corrected chi connectivity index (χ2v) is 4.27. The Bertz CT molecular complexity index is 449. The van der Waals surface area contributed by atoms with Crippen LogP contribution in [0.15, 0.2) is 30.6 Å². The fraction of sp³-hybridized carbons (Fsp3) is 0.364. The lowest BCUT2D eigenvalue weighted by atomic mass is 9.96. The summed E-state index contributed by atoms with van der Waals surface area (Å²) in [4.78, 5) is 22.5. The average Bonchev–Trinajstić information content (AvgIpc) is 2.57. The highest BCUT2D eigenvalue weighted by molar-refractivity contribution is 5.94. The normalized spacial score (nSPS) is 27.8. The quantitative estimate of drug-likeness (QED) is 0.565. The number of rotatable bonds is 3. The van der Waals surface area contributed by atoms with Crippen molar-refractivity contribution in [2.24, 2.45) is 5.73 Å². The van der Waals surface area contributed by atoms with Crippen molar-refractivity contribution in [3.05, 3.63) is 30.6 Å². The predicted molar refractivity (Wildman–Crippen MR) is 57.7 cm³/mol. The Kier molecular flexibility index (Phi) is 2.81. The molecule has 6 nitrogen and oxygen atoms in total. The molecule has 90 valence electrons. The smallest absolute Gasteiger partial charge is 0.326 e. The SMILES string of the molecule is N[C@]1(C[n+]2ccccc2)C[C@H](C(=O)O)NC1=O. The van der Waals surface area contributed by atoms with Gasteiger partial charge in [-0.1, -0.05) is 6.07 Å². The molecule has 0 radical (unpaired) electrons. The fourth-order valence-corrected chi connectivity index (χ4v) is 1.96. The van der Waals surface area contributed by atoms with Crippen molar-refractivity contribution in [3.63, 3.8) is 0 Å². The topological polar surface area (TPSA) is 96.3 Å². The first-order valence-electron chi connectivity index (χ1n) is 5.28. The van der Waals surface area contributed by atoms with E-state index < -0.39 is 23.5 Å². The van der Waals surface area contributed by atoms with Gasteiger partial charge in [-0.15, -0.1) is 0 Å². The summed E-state index contributed by atoms with van der Waals surface area (Å²) in [5.74, 6) is -1.47. The summed E-state index contributed by atoms with van der Waals surface area (Å²) in [5.41, 5.74) is 4.81. The van der Waals surface area contributed by atoms with Crippen LogP contribution in [0.4, 0.5) is 0 Å². The Hall–Kier alpha value is -1.95. The zero-order chi connectivity index (χ0) is 12.5. The van der Waals surface area contributed by atoms with Gasteiger partial charge in [0.05, 0.1) is 0 Å². The lowest BCUT2D eigenvalue weighted by molar-refractivity contribution is -0.701. The van der Waals surface area contributed by atoms with Crippen LogP contribution in [0.3, 0.4) is 0 Å². The Morgan fingerprint density at radius 2 is 2.18 bits per heavy atom. The van der Waals surface area contributed by atoms with Crippen LogP contribution in [0.2, 0.25) is 0 Å². The summed E-state index contributed by atoms with van der Waals surface area (Å²) >= 11 is 0. The molecule has 1 fully saturated rings. The Morgan fingerprint density at radius 3 is 2.71 bits per heavy atom. The molecule has 0 aromatic carbocycles. The van der Waals surface area contributed by atoms with Crippen molar-refractivity contribution in [3.8, 4) is 0 Å². The van der Waals surface area contributed by atoms with E-state index in [2.05, 4.69) is 5.32 Å². The van der Waals surface area contributed by atoms with E-state index in [9.17, 15) is 9.59 Å². The maximum Gasteiger partial charge on any atom is 0.326 e. The molecule has 1 aromatic heterocycles. The molecule has 1 aliphatic rings. The van der Waals surface area contributed by atoms with Gasteiger partial charge in [-0.25, -0.2) is 9.36 Å². The standard InChI is InChI=1S/C11H13N3O3/c12-11(7-14-4-2-1-3-5-14)6-8(9(15)16)13-10(11)17/h1-5,8H,6-7,12H2,(H-,13,15,16,17)/p+1/t8-,11+/m1/s1. The molecule has 1 aliphatic heterocycles. The molecule has 1 saturated heterocycles. The van der Waals surface area contributed by atoms with E-state index >= 15 is 0 Å². The molecule has 0 unspecified atom stereocenters. The second-order valence-electron chi connectivity index (χ2n) is 4.27. The number of amides is 1. The summed E-state index contributed by atoms with van der Waals surface area (Å²) in [5, 5.41) is 11.2. The van der Waals surface area contributed by atoms with Crippen LogP contribution in [0, 0.1) is 0 Å². The van der Waals surface area contributed by atoms with Crippen LogP contribution in [-0.4, -0.2) is 28.6 Å². The van der Waals surface area contributed by atoms with Crippen LogP contribution in [0.5, 0.6) is 0 Å². The van der Waals surface area contributed by atoms with E-state index in [1.54, 1.807) is 17.0 Å². The van der Waals surface area contributed by atoms with Gasteiger partial charge in [0.1, 0.15) is 6.04 Å². The Labute approximate surface area is 98.1 Å². The number of hydrogen-bond acceptors (Lipinski definition) is 3. The van der Waals surface area contributed by atoms with Gasteiger partial charge in [0.25, 0.3) is 0 Å². The van der Waals surface area contributed by atoms with Gasteiger partial charge in [-0.05, 0) is 0 Å². The van der Waals surface area contributed by atoms with Gasteiger partial charge in [-0.2, -0.15) is 0 Å². The van der Waals surface area contributed by atoms with Crippen LogP contribution < -0.4 is 15.6 Å². The minimum Gasteiger partial charge on any atom is -0.480 e. The van der Waals surface area contributed by atoms with Crippen LogP contribution in [-0.2, 0) is 16.1 Å². The van der Waals surface area contributed by atoms with Crippen LogP contribution in [0.25, 0.3) is 0 Å². The number of hydrogen-bond donors (Lipinski definition) is 3. The number of nitrogens with two attached hydrogens (primary N) is 1. The van der Waals surface area contributed by atoms with E-state index in [4.69, 9.17) is 10.8 Å². The number of nitrogens with zero attached hydrogens (tertiary/aromatic N) is 1. The highest BCUT2D eigenvalue weighted by Gasteiger charge is 2.49. The molecule has 1 amide bonds. The first kappa shape index (κ1) is 11.5. The van der Waals surface area contributed by atoms with Gasteiger partial charge in [0.2, 0.25) is 5.91 Å². The zero-order valence-electron chi connectivity index (χ0n) is 9.17. The molecule has 6 heteroatoms.